The lowest BCUT2D eigenvalue weighted by atomic mass is 9.44. The van der Waals surface area contributed by atoms with Gasteiger partial charge in [0.25, 0.3) is 10.2 Å². The van der Waals surface area contributed by atoms with Crippen molar-refractivity contribution in [2.24, 2.45) is 57.2 Å². The standard InChI is InChI=1S/C32H35ClF2O7S.C24H30F2O6S/c1-5-27(39)42-32(28(40)43-41-16-25(37)18-6-8-19(33)9-7-18)17(2)12-21-22-14-24(34)23-13-20(36)10-11-29(23,3)31(22,35)26(38)15-30(21,32)4;1-5-19(29)32-24(20(30)33-31)12(2)8-14-15-10-17(25)16-9-13(27)6-7-21(16,3)23(15,26)18(28)11-22(14,24)4/h6-11,13,17,21-22,24,26,38H,5,12,14-16H2,1-4H3;6-7,9,12,14-15,17-18,28,31H,5,8,10-11H2,1-4H3/t17-,21?,22?,24+,26+,29+,30+,31+,32+;12-,14?,15?,17+,18+,21+,22+,23+,24+/m11/s1. The van der Waals surface area contributed by atoms with Gasteiger partial charge in [-0.25, -0.2) is 17.6 Å². The molecule has 0 saturated heterocycles. The Morgan fingerprint density at radius 3 is 1.47 bits per heavy atom. The minimum atomic E-state index is -2.34. The number of halogens is 5. The van der Waals surface area contributed by atoms with Crippen LogP contribution in [0.2, 0.25) is 5.02 Å². The molecular weight excluding hydrogens is 1060 g/mol. The number of aliphatic hydroxyl groups excluding tert-OH is 2. The summed E-state index contributed by atoms with van der Waals surface area (Å²) < 4.78 is 92.9. The van der Waals surface area contributed by atoms with Crippen LogP contribution >= 0.6 is 35.7 Å². The van der Waals surface area contributed by atoms with Crippen molar-refractivity contribution >= 4 is 75.2 Å². The zero-order valence-corrected chi connectivity index (χ0v) is 45.9. The molecule has 18 atom stereocenters. The Labute approximate surface area is 452 Å². The Kier molecular flexibility index (Phi) is 15.5. The fourth-order valence-electron chi connectivity index (χ4n) is 15.9. The maximum Gasteiger partial charge on any atom is 0.306 e. The van der Waals surface area contributed by atoms with E-state index in [2.05, 4.69) is 0 Å². The number of hydrogen-bond donors (Lipinski definition) is 3. The van der Waals surface area contributed by atoms with Gasteiger partial charge in [-0.2, -0.15) is 0 Å². The summed E-state index contributed by atoms with van der Waals surface area (Å²) in [5, 5.41) is 22.0. The van der Waals surface area contributed by atoms with Crippen LogP contribution in [-0.2, 0) is 42.4 Å². The number of hydrogen-bond acceptors (Lipinski definition) is 15. The predicted octanol–water partition coefficient (Wildman–Crippen LogP) is 9.95. The Balaban J connectivity index is 0.000000209. The molecule has 8 aliphatic carbocycles. The van der Waals surface area contributed by atoms with Gasteiger partial charge in [0.2, 0.25) is 0 Å². The molecule has 1 aromatic rings. The van der Waals surface area contributed by atoms with E-state index in [1.54, 1.807) is 53.7 Å². The Morgan fingerprint density at radius 1 is 0.671 bits per heavy atom. The maximum atomic E-state index is 17.5. The highest BCUT2D eigenvalue weighted by Crippen LogP contribution is 2.74. The Hall–Kier alpha value is -3.98. The van der Waals surface area contributed by atoms with Crippen LogP contribution < -0.4 is 0 Å². The SMILES string of the molecule is CCC(=O)O[C@]1(C(=O)SO)[C@H](C)CC2C3C[C@H](F)C4=CC(=O)C=C[C@]4(C)[C@@]3(F)[C@@H](O)C[C@@]21C.CCC(=O)O[C@]1(C(=O)SOCC(=O)c2ccc(Cl)cc2)[C@H](C)CC2C3C[C@H](F)C4=CC(=O)C=C[C@]4(C)[C@@]3(F)[C@@H](O)C[C@@]21C. The van der Waals surface area contributed by atoms with Gasteiger partial charge in [-0.3, -0.25) is 37.7 Å². The summed E-state index contributed by atoms with van der Waals surface area (Å²) in [5.74, 6) is -7.12. The molecule has 0 heterocycles. The van der Waals surface area contributed by atoms with Crippen molar-refractivity contribution in [1.29, 1.82) is 0 Å². The molecule has 4 unspecified atom stereocenters. The highest BCUT2D eigenvalue weighted by Gasteiger charge is 2.80. The number of ether oxygens (including phenoxy) is 2. The molecule has 8 aliphatic rings. The summed E-state index contributed by atoms with van der Waals surface area (Å²) in [7, 11) is 0. The van der Waals surface area contributed by atoms with Gasteiger partial charge in [-0.05, 0) is 124 Å². The summed E-state index contributed by atoms with van der Waals surface area (Å²) in [6.07, 6.45) is 0.212. The fraction of sp³-hybridized carbons (Fsp3) is 0.625. The van der Waals surface area contributed by atoms with Crippen LogP contribution in [-0.4, -0.2) is 108 Å². The van der Waals surface area contributed by atoms with Crippen molar-refractivity contribution in [3.63, 3.8) is 0 Å². The van der Waals surface area contributed by atoms with Crippen LogP contribution in [0, 0.1) is 57.2 Å². The molecule has 3 N–H and O–H groups in total. The molecule has 0 radical (unpaired) electrons. The highest BCUT2D eigenvalue weighted by molar-refractivity contribution is 8.09. The highest BCUT2D eigenvalue weighted by atomic mass is 35.5. The average Bonchev–Trinajstić information content (AvgIpc) is 3.84. The van der Waals surface area contributed by atoms with Crippen LogP contribution in [0.5, 0.6) is 0 Å². The van der Waals surface area contributed by atoms with Crippen molar-refractivity contribution < 1.29 is 79.5 Å². The number of rotatable bonds is 10. The number of benzene rings is 1. The van der Waals surface area contributed by atoms with E-state index in [1.165, 1.54) is 50.3 Å². The van der Waals surface area contributed by atoms with E-state index < -0.39 is 150 Å². The van der Waals surface area contributed by atoms with Crippen molar-refractivity contribution in [3.8, 4) is 0 Å². The van der Waals surface area contributed by atoms with E-state index in [4.69, 9.17) is 25.3 Å². The smallest absolute Gasteiger partial charge is 0.306 e. The number of carbonyl (C=O) groups is 7. The number of aliphatic hydroxyl groups is 2. The lowest BCUT2D eigenvalue weighted by Gasteiger charge is -2.63. The van der Waals surface area contributed by atoms with Crippen LogP contribution in [0.1, 0.15) is 117 Å². The van der Waals surface area contributed by atoms with E-state index in [0.717, 1.165) is 12.2 Å². The molecule has 76 heavy (non-hydrogen) atoms. The van der Waals surface area contributed by atoms with Crippen LogP contribution in [0.3, 0.4) is 0 Å². The quantitative estimate of drug-likeness (QED) is 0.0862. The summed E-state index contributed by atoms with van der Waals surface area (Å²) in [5.41, 5.74) is -13.5. The molecule has 0 bridgehead atoms. The molecule has 0 amide bonds. The van der Waals surface area contributed by atoms with E-state index in [-0.39, 0.29) is 74.6 Å². The third-order valence-corrected chi connectivity index (χ3v) is 21.1. The largest absolute Gasteiger partial charge is 0.449 e. The number of fused-ring (bicyclic) bond motifs is 10. The molecular formula is C56H65ClF4O13S2. The molecule has 0 aromatic heterocycles. The molecule has 0 spiro atoms. The Bertz CT molecular complexity index is 2740. The molecule has 6 fully saturated rings. The molecule has 13 nitrogen and oxygen atoms in total. The minimum absolute atomic E-state index is 0.00140. The molecule has 9 rings (SSSR count). The molecule has 6 saturated carbocycles. The Morgan fingerprint density at radius 2 is 1.08 bits per heavy atom. The number of carbonyl (C=O) groups excluding carboxylic acids is 7. The van der Waals surface area contributed by atoms with Crippen LogP contribution in [0.15, 0.2) is 71.9 Å². The number of Topliss-reactive ketones (excluding diaryl/α,β-unsaturated/α-hetero) is 1. The van der Waals surface area contributed by atoms with Gasteiger partial charge < -0.3 is 24.2 Å². The summed E-state index contributed by atoms with van der Waals surface area (Å²) in [6.45, 7) is 12.5. The third kappa shape index (κ3) is 8.17. The zero-order valence-electron chi connectivity index (χ0n) is 43.5. The molecule has 1 aromatic carbocycles. The molecule has 0 aliphatic heterocycles. The lowest BCUT2D eigenvalue weighted by Crippen LogP contribution is -2.70. The number of ketones is 3. The number of esters is 2. The first-order valence-electron chi connectivity index (χ1n) is 25.8. The second-order valence-electron chi connectivity index (χ2n) is 23.1. The monoisotopic (exact) mass is 1120 g/mol. The number of alkyl halides is 4. The van der Waals surface area contributed by atoms with Crippen molar-refractivity contribution in [1.82, 2.24) is 0 Å². The van der Waals surface area contributed by atoms with E-state index in [1.807, 2.05) is 0 Å². The third-order valence-electron chi connectivity index (χ3n) is 19.6. The predicted molar refractivity (Wildman–Crippen MR) is 274 cm³/mol. The summed E-state index contributed by atoms with van der Waals surface area (Å²) >= 11 is 6.23. The van der Waals surface area contributed by atoms with Gasteiger partial charge in [-0.1, -0.05) is 65.3 Å². The summed E-state index contributed by atoms with van der Waals surface area (Å²) in [4.78, 5) is 89.1. The van der Waals surface area contributed by atoms with Crippen LogP contribution in [0.25, 0.3) is 0 Å². The number of allylic oxidation sites excluding steroid dienone is 8. The van der Waals surface area contributed by atoms with E-state index >= 15 is 17.6 Å². The van der Waals surface area contributed by atoms with Gasteiger partial charge in [0, 0.05) is 68.8 Å². The zero-order chi connectivity index (χ0) is 56.1. The first kappa shape index (κ1) is 58.2. The van der Waals surface area contributed by atoms with Gasteiger partial charge in [-0.15, -0.1) is 0 Å². The fourth-order valence-corrected chi connectivity index (χ4v) is 17.5. The van der Waals surface area contributed by atoms with Gasteiger partial charge in [0.05, 0.1) is 36.3 Å². The second-order valence-corrected chi connectivity index (χ2v) is 24.8. The lowest BCUT2D eigenvalue weighted by molar-refractivity contribution is -0.228. The summed E-state index contributed by atoms with van der Waals surface area (Å²) in [6, 6.07) is 6.17. The minimum Gasteiger partial charge on any atom is -0.449 e. The second kappa shape index (κ2) is 20.3. The van der Waals surface area contributed by atoms with Gasteiger partial charge in [0.15, 0.2) is 39.9 Å². The maximum absolute atomic E-state index is 17.5. The van der Waals surface area contributed by atoms with Crippen molar-refractivity contribution in [2.45, 2.75) is 154 Å². The van der Waals surface area contributed by atoms with Gasteiger partial charge >= 0.3 is 11.9 Å². The first-order chi connectivity index (χ1) is 35.5. The van der Waals surface area contributed by atoms with E-state index in [9.17, 15) is 48.3 Å². The van der Waals surface area contributed by atoms with Crippen molar-refractivity contribution in [3.05, 3.63) is 82.5 Å². The first-order valence-corrected chi connectivity index (χ1v) is 27.7. The molecule has 20 heteroatoms. The average molecular weight is 1120 g/mol. The normalized spacial score (nSPS) is 43.5. The topological polar surface area (TPSA) is 208 Å². The van der Waals surface area contributed by atoms with Crippen molar-refractivity contribution in [2.75, 3.05) is 6.61 Å². The van der Waals surface area contributed by atoms with Gasteiger partial charge in [0.1, 0.15) is 19.0 Å². The molecule has 414 valence electrons. The van der Waals surface area contributed by atoms with E-state index in [0.29, 0.717) is 22.6 Å². The van der Waals surface area contributed by atoms with Crippen LogP contribution in [0.4, 0.5) is 17.6 Å².